The van der Waals surface area contributed by atoms with Crippen LogP contribution in [0.15, 0.2) is 42.5 Å². The second-order valence-electron chi connectivity index (χ2n) is 3.22. The molecule has 0 bridgehead atoms. The van der Waals surface area contributed by atoms with Gasteiger partial charge in [-0.3, -0.25) is 0 Å². The highest BCUT2D eigenvalue weighted by atomic mass is 14.0. The van der Waals surface area contributed by atoms with E-state index in [1.54, 1.807) is 0 Å². The Morgan fingerprint density at radius 2 is 1.69 bits per heavy atom. The summed E-state index contributed by atoms with van der Waals surface area (Å²) in [6, 6.07) is 14.9. The maximum atomic E-state index is 5.50. The molecule has 0 aliphatic heterocycles. The van der Waals surface area contributed by atoms with Gasteiger partial charge in [0.1, 0.15) is 0 Å². The number of hydrogen-bond acceptors (Lipinski definition) is 0. The van der Waals surface area contributed by atoms with Gasteiger partial charge in [0.2, 0.25) is 0 Å². The third kappa shape index (κ3) is 1.75. The van der Waals surface area contributed by atoms with Crippen LogP contribution in [0.1, 0.15) is 5.56 Å². The van der Waals surface area contributed by atoms with E-state index in [4.69, 9.17) is 7.85 Å². The van der Waals surface area contributed by atoms with Gasteiger partial charge in [0, 0.05) is 0 Å². The molecule has 2 aromatic rings. The Kier molecular flexibility index (Phi) is 2.35. The van der Waals surface area contributed by atoms with Gasteiger partial charge in [-0.1, -0.05) is 48.8 Å². The first-order valence-electron chi connectivity index (χ1n) is 4.58. The van der Waals surface area contributed by atoms with E-state index >= 15 is 0 Å². The molecule has 0 amide bonds. The first-order chi connectivity index (χ1) is 6.40. The largest absolute Gasteiger partial charge is 0.0847 e. The summed E-state index contributed by atoms with van der Waals surface area (Å²) in [4.78, 5) is 0. The fourth-order valence-corrected chi connectivity index (χ4v) is 1.56. The summed E-state index contributed by atoms with van der Waals surface area (Å²) >= 11 is 0. The minimum absolute atomic E-state index is 0.721. The van der Waals surface area contributed by atoms with Crippen LogP contribution in [-0.2, 0) is 6.42 Å². The van der Waals surface area contributed by atoms with Crippen molar-refractivity contribution in [2.45, 2.75) is 12.7 Å². The molecule has 1 heteroatoms. The van der Waals surface area contributed by atoms with Crippen LogP contribution in [-0.4, -0.2) is 7.85 Å². The number of aryl methyl sites for hydroxylation is 1. The zero-order valence-corrected chi connectivity index (χ0v) is 7.53. The lowest BCUT2D eigenvalue weighted by molar-refractivity contribution is 1.14. The van der Waals surface area contributed by atoms with Crippen molar-refractivity contribution in [3.8, 4) is 0 Å². The zero-order chi connectivity index (χ0) is 9.10. The Morgan fingerprint density at radius 3 is 2.46 bits per heavy atom. The van der Waals surface area contributed by atoms with Crippen LogP contribution in [0.2, 0.25) is 6.32 Å². The van der Waals surface area contributed by atoms with Gasteiger partial charge in [-0.15, -0.1) is 0 Å². The summed E-state index contributed by atoms with van der Waals surface area (Å²) in [6.07, 6.45) is 1.68. The van der Waals surface area contributed by atoms with Crippen molar-refractivity contribution >= 4 is 18.6 Å². The lowest BCUT2D eigenvalue weighted by Gasteiger charge is -2.01. The molecule has 0 unspecified atom stereocenters. The third-order valence-corrected chi connectivity index (χ3v) is 2.25. The summed E-state index contributed by atoms with van der Waals surface area (Å²) in [5, 5.41) is 2.59. The molecule has 0 heterocycles. The molecule has 13 heavy (non-hydrogen) atoms. The van der Waals surface area contributed by atoms with E-state index in [2.05, 4.69) is 42.5 Å². The Morgan fingerprint density at radius 1 is 0.923 bits per heavy atom. The van der Waals surface area contributed by atoms with Gasteiger partial charge in [-0.2, -0.15) is 0 Å². The Labute approximate surface area is 80.0 Å². The number of hydrogen-bond donors (Lipinski definition) is 0. The molecule has 0 aromatic heterocycles. The summed E-state index contributed by atoms with van der Waals surface area (Å²) < 4.78 is 0. The predicted molar refractivity (Wildman–Crippen MR) is 58.2 cm³/mol. The third-order valence-electron chi connectivity index (χ3n) is 2.25. The zero-order valence-electron chi connectivity index (χ0n) is 7.53. The second-order valence-corrected chi connectivity index (χ2v) is 3.22. The van der Waals surface area contributed by atoms with E-state index in [0.717, 1.165) is 12.7 Å². The van der Waals surface area contributed by atoms with Crippen LogP contribution in [0.5, 0.6) is 0 Å². The number of fused-ring (bicyclic) bond motifs is 1. The minimum Gasteiger partial charge on any atom is -0.0847 e. The van der Waals surface area contributed by atoms with Crippen molar-refractivity contribution in [3.63, 3.8) is 0 Å². The van der Waals surface area contributed by atoms with Crippen LogP contribution in [0.25, 0.3) is 10.8 Å². The predicted octanol–water partition coefficient (Wildman–Crippen LogP) is 2.97. The van der Waals surface area contributed by atoms with Gasteiger partial charge in [0.05, 0.1) is 7.85 Å². The van der Waals surface area contributed by atoms with E-state index in [-0.39, 0.29) is 0 Å². The molecule has 0 N–H and O–H groups in total. The van der Waals surface area contributed by atoms with Crippen LogP contribution < -0.4 is 0 Å². The summed E-state index contributed by atoms with van der Waals surface area (Å²) in [6.45, 7) is 0. The normalized spacial score (nSPS) is 10.5. The molecule has 62 valence electrons. The fourth-order valence-electron chi connectivity index (χ4n) is 1.56. The quantitative estimate of drug-likeness (QED) is 0.601. The van der Waals surface area contributed by atoms with E-state index in [0.29, 0.717) is 0 Å². The van der Waals surface area contributed by atoms with Gasteiger partial charge in [0.15, 0.2) is 0 Å². The molecular formula is C12H11B. The highest BCUT2D eigenvalue weighted by molar-refractivity contribution is 6.08. The highest BCUT2D eigenvalue weighted by Gasteiger charge is 1.93. The minimum atomic E-state index is 0.721. The maximum Gasteiger partial charge on any atom is 0.0657 e. The lowest BCUT2D eigenvalue weighted by Crippen LogP contribution is -1.83. The SMILES string of the molecule is [B]CCc1ccc2ccccc2c1. The first kappa shape index (κ1) is 8.37. The van der Waals surface area contributed by atoms with E-state index in [1.165, 1.54) is 16.3 Å². The molecule has 0 saturated heterocycles. The van der Waals surface area contributed by atoms with Crippen molar-refractivity contribution in [1.82, 2.24) is 0 Å². The summed E-state index contributed by atoms with van der Waals surface area (Å²) in [5.41, 5.74) is 1.32. The van der Waals surface area contributed by atoms with Gasteiger partial charge in [0.25, 0.3) is 0 Å². The molecular weight excluding hydrogens is 155 g/mol. The molecule has 2 aromatic carbocycles. The van der Waals surface area contributed by atoms with Gasteiger partial charge >= 0.3 is 0 Å². The molecule has 0 spiro atoms. The standard InChI is InChI=1S/C12H11B/c13-8-7-10-5-6-11-3-1-2-4-12(11)9-10/h1-6,9H,7-8H2. The van der Waals surface area contributed by atoms with Gasteiger partial charge in [-0.05, 0) is 22.8 Å². The fraction of sp³-hybridized carbons (Fsp3) is 0.167. The van der Waals surface area contributed by atoms with Crippen molar-refractivity contribution in [3.05, 3.63) is 48.0 Å². The molecule has 0 saturated carbocycles. The van der Waals surface area contributed by atoms with Crippen LogP contribution >= 0.6 is 0 Å². The Bertz CT molecular complexity index is 407. The maximum absolute atomic E-state index is 5.50. The second kappa shape index (κ2) is 3.65. The smallest absolute Gasteiger partial charge is 0.0657 e. The summed E-state index contributed by atoms with van der Waals surface area (Å²) in [7, 11) is 5.50. The van der Waals surface area contributed by atoms with E-state index < -0.39 is 0 Å². The number of benzene rings is 2. The highest BCUT2D eigenvalue weighted by Crippen LogP contribution is 2.16. The molecule has 0 nitrogen and oxygen atoms in total. The molecule has 0 aliphatic carbocycles. The van der Waals surface area contributed by atoms with Gasteiger partial charge < -0.3 is 0 Å². The molecule has 2 radical (unpaired) electrons. The van der Waals surface area contributed by atoms with Crippen molar-refractivity contribution < 1.29 is 0 Å². The van der Waals surface area contributed by atoms with E-state index in [9.17, 15) is 0 Å². The topological polar surface area (TPSA) is 0 Å². The van der Waals surface area contributed by atoms with E-state index in [1.807, 2.05) is 0 Å². The van der Waals surface area contributed by atoms with Gasteiger partial charge in [-0.25, -0.2) is 0 Å². The molecule has 0 aliphatic rings. The lowest BCUT2D eigenvalue weighted by atomic mass is 9.96. The Hall–Kier alpha value is -1.24. The first-order valence-corrected chi connectivity index (χ1v) is 4.58. The summed E-state index contributed by atoms with van der Waals surface area (Å²) in [5.74, 6) is 0. The van der Waals surface area contributed by atoms with Crippen LogP contribution in [0, 0.1) is 0 Å². The number of rotatable bonds is 2. The van der Waals surface area contributed by atoms with Crippen molar-refractivity contribution in [1.29, 1.82) is 0 Å². The average Bonchev–Trinajstić information content (AvgIpc) is 2.18. The monoisotopic (exact) mass is 166 g/mol. The van der Waals surface area contributed by atoms with Crippen molar-refractivity contribution in [2.24, 2.45) is 0 Å². The van der Waals surface area contributed by atoms with Crippen LogP contribution in [0.4, 0.5) is 0 Å². The average molecular weight is 166 g/mol. The molecule has 2 rings (SSSR count). The molecule has 0 atom stereocenters. The van der Waals surface area contributed by atoms with Crippen molar-refractivity contribution in [2.75, 3.05) is 0 Å². The van der Waals surface area contributed by atoms with Crippen LogP contribution in [0.3, 0.4) is 0 Å². The molecule has 0 fully saturated rings. The Balaban J connectivity index is 2.49.